The summed E-state index contributed by atoms with van der Waals surface area (Å²) in [5.74, 6) is -3.70. The highest BCUT2D eigenvalue weighted by Crippen LogP contribution is 2.05. The van der Waals surface area contributed by atoms with Crippen LogP contribution in [0.15, 0.2) is 52.3 Å². The van der Waals surface area contributed by atoms with Gasteiger partial charge in [0.2, 0.25) is 11.2 Å². The summed E-state index contributed by atoms with van der Waals surface area (Å²) in [6.45, 7) is 16.3. The molecule has 0 aliphatic carbocycles. The molecule has 0 aromatic carbocycles. The summed E-state index contributed by atoms with van der Waals surface area (Å²) in [6, 6.07) is 0. The summed E-state index contributed by atoms with van der Waals surface area (Å²) in [6.07, 6.45) is 1.88. The Balaban J connectivity index is 3.14. The monoisotopic (exact) mass is 403 g/mol. The molecule has 0 aliphatic rings. The molecule has 29 heavy (non-hydrogen) atoms. The van der Waals surface area contributed by atoms with E-state index in [2.05, 4.69) is 39.2 Å². The number of nitrogens with zero attached hydrogens (tertiary/aromatic N) is 5. The van der Waals surface area contributed by atoms with Crippen LogP contribution in [0, 0.1) is 6.57 Å². The van der Waals surface area contributed by atoms with Crippen molar-refractivity contribution < 1.29 is 28.9 Å². The van der Waals surface area contributed by atoms with Gasteiger partial charge in [-0.3, -0.25) is 4.79 Å². The van der Waals surface area contributed by atoms with Crippen LogP contribution >= 0.6 is 0 Å². The molecule has 0 radical (unpaired) electrons. The Morgan fingerprint density at radius 3 is 1.62 bits per heavy atom. The molecule has 0 bridgehead atoms. The Kier molecular flexibility index (Phi) is 5.45. The smallest absolute Gasteiger partial charge is 0.326 e. The van der Waals surface area contributed by atoms with E-state index in [0.29, 0.717) is 18.2 Å². The highest BCUT2D eigenvalue weighted by atomic mass is 16.7. The van der Waals surface area contributed by atoms with Gasteiger partial charge in [0.25, 0.3) is 0 Å². The van der Waals surface area contributed by atoms with E-state index in [1.165, 1.54) is 0 Å². The van der Waals surface area contributed by atoms with Gasteiger partial charge in [0.05, 0.1) is 4.68 Å². The number of fused-ring (bicyclic) bond motifs is 1. The third-order valence-electron chi connectivity index (χ3n) is 3.04. The lowest BCUT2D eigenvalue weighted by Gasteiger charge is -2.07. The molecular weight excluding hydrogens is 394 g/mol. The molecule has 14 heteroatoms. The van der Waals surface area contributed by atoms with E-state index in [4.69, 9.17) is 6.57 Å². The maximum atomic E-state index is 12.6. The summed E-state index contributed by atoms with van der Waals surface area (Å²) >= 11 is 0. The minimum absolute atomic E-state index is 0.00873. The fraction of sp³-hybridized carbons (Fsp3) is 0. The molecule has 0 unspecified atom stereocenters. The predicted molar refractivity (Wildman–Crippen MR) is 92.1 cm³/mol. The van der Waals surface area contributed by atoms with E-state index >= 15 is 0 Å². The molecule has 14 nitrogen and oxygen atoms in total. The highest BCUT2D eigenvalue weighted by molar-refractivity contribution is 5.84. The average molecular weight is 403 g/mol. The first kappa shape index (κ1) is 20.4. The van der Waals surface area contributed by atoms with Gasteiger partial charge in [-0.2, -0.15) is 6.57 Å². The van der Waals surface area contributed by atoms with Crippen molar-refractivity contribution in [1.29, 1.82) is 0 Å². The SMILES string of the molecule is [C-]#[N+]n1c(=O)c2c(n(OC(=O)C=C)c1=O)n(OC(=O)C=C)c(=O)n2OC(=O)C=C. The van der Waals surface area contributed by atoms with Gasteiger partial charge in [0.15, 0.2) is 0 Å². The number of aromatic nitrogens is 4. The minimum atomic E-state index is -1.54. The van der Waals surface area contributed by atoms with Crippen LogP contribution in [0.1, 0.15) is 0 Å². The van der Waals surface area contributed by atoms with E-state index in [-0.39, 0.29) is 18.9 Å². The molecule has 148 valence electrons. The molecule has 0 amide bonds. The van der Waals surface area contributed by atoms with Crippen molar-refractivity contribution in [2.75, 3.05) is 0 Å². The Morgan fingerprint density at radius 1 is 0.793 bits per heavy atom. The van der Waals surface area contributed by atoms with Gasteiger partial charge in [0.1, 0.15) is 0 Å². The van der Waals surface area contributed by atoms with Crippen LogP contribution in [0.4, 0.5) is 0 Å². The predicted octanol–water partition coefficient (Wildman–Crippen LogP) is -2.77. The van der Waals surface area contributed by atoms with Crippen LogP contribution in [0.5, 0.6) is 0 Å². The highest BCUT2D eigenvalue weighted by Gasteiger charge is 2.31. The van der Waals surface area contributed by atoms with Gasteiger partial charge >= 0.3 is 34.8 Å². The van der Waals surface area contributed by atoms with Crippen LogP contribution in [-0.4, -0.2) is 36.8 Å². The van der Waals surface area contributed by atoms with Crippen molar-refractivity contribution >= 4 is 29.1 Å². The van der Waals surface area contributed by atoms with Crippen molar-refractivity contribution in [3.63, 3.8) is 0 Å². The molecule has 0 spiro atoms. The van der Waals surface area contributed by atoms with Gasteiger partial charge in [-0.25, -0.2) is 24.0 Å². The summed E-state index contributed by atoms with van der Waals surface area (Å²) in [4.78, 5) is 88.8. The van der Waals surface area contributed by atoms with Crippen LogP contribution in [0.2, 0.25) is 0 Å². The van der Waals surface area contributed by atoms with Crippen LogP contribution in [0.25, 0.3) is 16.1 Å². The number of carbonyl (C=O) groups excluding carboxylic acids is 3. The molecule has 2 aromatic rings. The van der Waals surface area contributed by atoms with Crippen molar-refractivity contribution in [1.82, 2.24) is 18.9 Å². The topological polar surface area (TPSA) is 154 Å². The average Bonchev–Trinajstić information content (AvgIpc) is 2.97. The quantitative estimate of drug-likeness (QED) is 0.368. The molecule has 0 saturated heterocycles. The first-order valence-electron chi connectivity index (χ1n) is 7.19. The molecule has 0 fully saturated rings. The number of hydrogen-bond acceptors (Lipinski definition) is 9. The van der Waals surface area contributed by atoms with Crippen molar-refractivity contribution in [3.05, 3.63) is 80.8 Å². The maximum absolute atomic E-state index is 12.6. The first-order valence-corrected chi connectivity index (χ1v) is 7.19. The molecule has 0 aliphatic heterocycles. The molecule has 2 heterocycles. The standard InChI is InChI=1S/C15H9N5O9/c1-5-8(21)27-18-11-12(20(15(18)26)29-10(23)7-3)19(28-9(22)6-2)14(25)17(16-4)13(11)24/h5-7H,1-3H2. The molecule has 2 rings (SSSR count). The number of carbonyl (C=O) groups is 3. The van der Waals surface area contributed by atoms with E-state index in [0.717, 1.165) is 0 Å². The van der Waals surface area contributed by atoms with E-state index < -0.39 is 46.0 Å². The second kappa shape index (κ2) is 7.75. The van der Waals surface area contributed by atoms with Gasteiger partial charge in [-0.15, -0.1) is 9.68 Å². The number of imidazole rings is 1. The van der Waals surface area contributed by atoms with Crippen molar-refractivity contribution in [2.24, 2.45) is 0 Å². The zero-order valence-electron chi connectivity index (χ0n) is 14.3. The lowest BCUT2D eigenvalue weighted by molar-refractivity contribution is -0.140. The van der Waals surface area contributed by atoms with Gasteiger partial charge in [-0.1, -0.05) is 29.2 Å². The Bertz CT molecular complexity index is 1310. The van der Waals surface area contributed by atoms with Crippen molar-refractivity contribution in [3.8, 4) is 0 Å². The Labute approximate surface area is 158 Å². The fourth-order valence-corrected chi connectivity index (χ4v) is 1.90. The summed E-state index contributed by atoms with van der Waals surface area (Å²) in [5, 5.41) is 0. The Hall–Kier alpha value is -4.93. The van der Waals surface area contributed by atoms with E-state index in [1.807, 2.05) is 0 Å². The van der Waals surface area contributed by atoms with Crippen LogP contribution < -0.4 is 31.5 Å². The molecular formula is C15H9N5O9. The normalized spacial score (nSPS) is 9.90. The number of hydrogen-bond donors (Lipinski definition) is 0. The van der Waals surface area contributed by atoms with Gasteiger partial charge in [0, 0.05) is 18.2 Å². The van der Waals surface area contributed by atoms with E-state index in [1.54, 1.807) is 0 Å². The maximum Gasteiger partial charge on any atom is 0.434 e. The minimum Gasteiger partial charge on any atom is -0.326 e. The van der Waals surface area contributed by atoms with Crippen LogP contribution in [0.3, 0.4) is 0 Å². The third-order valence-corrected chi connectivity index (χ3v) is 3.04. The summed E-state index contributed by atoms with van der Waals surface area (Å²) < 4.78 is -0.0641. The second-order valence-corrected chi connectivity index (χ2v) is 4.68. The second-order valence-electron chi connectivity index (χ2n) is 4.68. The summed E-state index contributed by atoms with van der Waals surface area (Å²) in [7, 11) is 0. The van der Waals surface area contributed by atoms with Gasteiger partial charge < -0.3 is 14.5 Å². The molecule has 0 atom stereocenters. The van der Waals surface area contributed by atoms with Crippen LogP contribution in [-0.2, 0) is 14.4 Å². The largest absolute Gasteiger partial charge is 0.434 e. The van der Waals surface area contributed by atoms with E-state index in [9.17, 15) is 28.8 Å². The summed E-state index contributed by atoms with van der Waals surface area (Å²) in [5.41, 5.74) is -6.36. The van der Waals surface area contributed by atoms with Crippen molar-refractivity contribution in [2.45, 2.75) is 0 Å². The number of rotatable bonds is 6. The molecule has 0 N–H and O–H groups in total. The Morgan fingerprint density at radius 2 is 1.21 bits per heavy atom. The lowest BCUT2D eigenvalue weighted by Crippen LogP contribution is -2.42. The first-order chi connectivity index (χ1) is 13.7. The zero-order chi connectivity index (χ0) is 21.9. The molecule has 0 saturated carbocycles. The lowest BCUT2D eigenvalue weighted by atomic mass is 10.5. The zero-order valence-corrected chi connectivity index (χ0v) is 14.3. The molecule has 2 aromatic heterocycles. The van der Waals surface area contributed by atoms with Gasteiger partial charge in [-0.05, 0) is 0 Å². The fourth-order valence-electron chi connectivity index (χ4n) is 1.90. The third kappa shape index (κ3) is 3.38.